The van der Waals surface area contributed by atoms with Gasteiger partial charge in [0.05, 0.1) is 24.2 Å². The van der Waals surface area contributed by atoms with E-state index in [1.165, 1.54) is 13.2 Å². The van der Waals surface area contributed by atoms with E-state index in [0.717, 1.165) is 0 Å². The van der Waals surface area contributed by atoms with E-state index in [-0.39, 0.29) is 36.9 Å². The minimum Gasteiger partial charge on any atom is -0.458 e. The van der Waals surface area contributed by atoms with E-state index >= 15 is 0 Å². The number of hydrogen-bond acceptors (Lipinski definition) is 8. The fourth-order valence-electron chi connectivity index (χ4n) is 3.00. The van der Waals surface area contributed by atoms with E-state index in [1.54, 1.807) is 33.5 Å². The molecule has 9 heteroatoms. The van der Waals surface area contributed by atoms with E-state index in [0.29, 0.717) is 12.0 Å². The van der Waals surface area contributed by atoms with E-state index in [4.69, 9.17) is 28.4 Å². The maximum Gasteiger partial charge on any atom is 0.311 e. The van der Waals surface area contributed by atoms with Gasteiger partial charge in [-0.25, -0.2) is 0 Å². The van der Waals surface area contributed by atoms with Crippen molar-refractivity contribution in [2.75, 3.05) is 35.0 Å². The highest BCUT2D eigenvalue weighted by Crippen LogP contribution is 2.32. The molecule has 1 aliphatic rings. The first kappa shape index (κ1) is 20.5. The van der Waals surface area contributed by atoms with Gasteiger partial charge >= 0.3 is 5.69 Å². The predicted molar refractivity (Wildman–Crippen MR) is 91.2 cm³/mol. The van der Waals surface area contributed by atoms with Gasteiger partial charge in [0.2, 0.25) is 6.29 Å². The Labute approximate surface area is 152 Å². The maximum absolute atomic E-state index is 11.4. The van der Waals surface area contributed by atoms with Gasteiger partial charge in [0.15, 0.2) is 5.75 Å². The highest BCUT2D eigenvalue weighted by molar-refractivity contribution is 5.48. The number of ether oxygens (including phenoxy) is 6. The smallest absolute Gasteiger partial charge is 0.311 e. The third-order valence-corrected chi connectivity index (χ3v) is 4.18. The van der Waals surface area contributed by atoms with Gasteiger partial charge in [-0.3, -0.25) is 10.1 Å². The van der Waals surface area contributed by atoms with Crippen LogP contribution >= 0.6 is 0 Å². The second-order valence-corrected chi connectivity index (χ2v) is 5.88. The van der Waals surface area contributed by atoms with Crippen LogP contribution in [0.3, 0.4) is 0 Å². The lowest BCUT2D eigenvalue weighted by Gasteiger charge is -2.39. The normalized spacial score (nSPS) is 25.8. The number of rotatable bonds is 9. The van der Waals surface area contributed by atoms with E-state index in [9.17, 15) is 10.1 Å². The van der Waals surface area contributed by atoms with Crippen LogP contribution in [-0.4, -0.2) is 64.6 Å². The number of nitro benzene ring substituents is 1. The molecule has 0 radical (unpaired) electrons. The zero-order chi connectivity index (χ0) is 19.1. The average Bonchev–Trinajstić information content (AvgIpc) is 2.63. The fraction of sp³-hybridized carbons (Fsp3) is 0.647. The highest BCUT2D eigenvalue weighted by atomic mass is 16.7. The van der Waals surface area contributed by atoms with Gasteiger partial charge in [0, 0.05) is 40.9 Å². The highest BCUT2D eigenvalue weighted by Gasteiger charge is 2.40. The molecule has 4 atom stereocenters. The molecule has 0 aromatic heterocycles. The molecular formula is C17H25NO8. The fourth-order valence-corrected chi connectivity index (χ4v) is 3.00. The van der Waals surface area contributed by atoms with Crippen LogP contribution in [-0.2, 0) is 30.3 Å². The molecule has 146 valence electrons. The van der Waals surface area contributed by atoms with Crippen LogP contribution < -0.4 is 4.74 Å². The summed E-state index contributed by atoms with van der Waals surface area (Å²) in [4.78, 5) is 10.9. The van der Waals surface area contributed by atoms with Crippen molar-refractivity contribution in [1.82, 2.24) is 0 Å². The molecule has 0 N–H and O–H groups in total. The average molecular weight is 371 g/mol. The number of nitrogens with zero attached hydrogens (tertiary/aromatic N) is 1. The molecule has 1 aliphatic heterocycles. The summed E-state index contributed by atoms with van der Waals surface area (Å²) in [5.41, 5.74) is 0.539. The van der Waals surface area contributed by atoms with Gasteiger partial charge < -0.3 is 28.4 Å². The van der Waals surface area contributed by atoms with Crippen molar-refractivity contribution < 1.29 is 33.3 Å². The minimum atomic E-state index is -0.724. The van der Waals surface area contributed by atoms with Crippen LogP contribution in [0.15, 0.2) is 18.2 Å². The summed E-state index contributed by atoms with van der Waals surface area (Å²) in [6.45, 7) is 0.561. The van der Waals surface area contributed by atoms with Crippen LogP contribution in [0, 0.1) is 10.1 Å². The van der Waals surface area contributed by atoms with Gasteiger partial charge in [-0.1, -0.05) is 6.07 Å². The number of benzene rings is 1. The Bertz CT molecular complexity index is 596. The van der Waals surface area contributed by atoms with Gasteiger partial charge in [-0.15, -0.1) is 0 Å². The van der Waals surface area contributed by atoms with Crippen LogP contribution in [0.1, 0.15) is 12.0 Å². The van der Waals surface area contributed by atoms with Gasteiger partial charge in [0.1, 0.15) is 12.2 Å². The number of hydrogen-bond donors (Lipinski definition) is 0. The lowest BCUT2D eigenvalue weighted by atomic mass is 10.0. The standard InChI is InChI=1S/C17H25NO8/c1-21-9-11-5-6-13(12(7-11)18(19)20)25-16-8-14(23-3)17(24-4)15(26-16)10-22-2/h5-7,14-17H,8-10H2,1-4H3. The van der Waals surface area contributed by atoms with Gasteiger partial charge in [-0.2, -0.15) is 0 Å². The van der Waals surface area contributed by atoms with E-state index in [1.807, 2.05) is 0 Å². The molecule has 0 amide bonds. The predicted octanol–water partition coefficient (Wildman–Crippen LogP) is 1.91. The van der Waals surface area contributed by atoms with Crippen LogP contribution in [0.5, 0.6) is 5.75 Å². The monoisotopic (exact) mass is 371 g/mol. The summed E-state index contributed by atoms with van der Waals surface area (Å²) >= 11 is 0. The second-order valence-electron chi connectivity index (χ2n) is 5.88. The van der Waals surface area contributed by atoms with Crippen molar-refractivity contribution in [1.29, 1.82) is 0 Å². The lowest BCUT2D eigenvalue weighted by molar-refractivity contribution is -0.386. The molecule has 1 saturated heterocycles. The Morgan fingerprint density at radius 1 is 1.19 bits per heavy atom. The molecule has 0 aliphatic carbocycles. The van der Waals surface area contributed by atoms with Gasteiger partial charge in [0.25, 0.3) is 0 Å². The van der Waals surface area contributed by atoms with Crippen LogP contribution in [0.2, 0.25) is 0 Å². The first-order valence-corrected chi connectivity index (χ1v) is 8.16. The Morgan fingerprint density at radius 2 is 1.96 bits per heavy atom. The maximum atomic E-state index is 11.4. The molecule has 1 heterocycles. The summed E-state index contributed by atoms with van der Waals surface area (Å²) in [5, 5.41) is 11.4. The minimum absolute atomic E-state index is 0.127. The quantitative estimate of drug-likeness (QED) is 0.479. The number of methoxy groups -OCH3 is 4. The molecule has 4 unspecified atom stereocenters. The van der Waals surface area contributed by atoms with E-state index in [2.05, 4.69) is 0 Å². The topological polar surface area (TPSA) is 98.5 Å². The molecule has 9 nitrogen and oxygen atoms in total. The lowest BCUT2D eigenvalue weighted by Crippen LogP contribution is -2.53. The van der Waals surface area contributed by atoms with Crippen LogP contribution in [0.25, 0.3) is 0 Å². The van der Waals surface area contributed by atoms with Crippen molar-refractivity contribution in [3.63, 3.8) is 0 Å². The molecule has 0 spiro atoms. The molecule has 0 bridgehead atoms. The Kier molecular flexibility index (Phi) is 7.73. The molecular weight excluding hydrogens is 346 g/mol. The van der Waals surface area contributed by atoms with E-state index < -0.39 is 17.3 Å². The summed E-state index contributed by atoms with van der Waals surface area (Å²) in [6, 6.07) is 4.69. The third kappa shape index (κ3) is 4.89. The Morgan fingerprint density at radius 3 is 2.54 bits per heavy atom. The van der Waals surface area contributed by atoms with Crippen molar-refractivity contribution in [2.24, 2.45) is 0 Å². The number of nitro groups is 1. The molecule has 26 heavy (non-hydrogen) atoms. The zero-order valence-electron chi connectivity index (χ0n) is 15.4. The zero-order valence-corrected chi connectivity index (χ0v) is 15.4. The Hall–Kier alpha value is -1.78. The summed E-state index contributed by atoms with van der Waals surface area (Å²) in [5.74, 6) is 0.127. The second kappa shape index (κ2) is 9.79. The molecule has 2 rings (SSSR count). The largest absolute Gasteiger partial charge is 0.458 e. The van der Waals surface area contributed by atoms with Crippen molar-refractivity contribution in [2.45, 2.75) is 37.6 Å². The molecule has 1 fully saturated rings. The first-order valence-electron chi connectivity index (χ1n) is 8.16. The molecule has 1 aromatic carbocycles. The Balaban J connectivity index is 2.19. The van der Waals surface area contributed by atoms with Crippen molar-refractivity contribution >= 4 is 5.69 Å². The van der Waals surface area contributed by atoms with Crippen LogP contribution in [0.4, 0.5) is 5.69 Å². The van der Waals surface area contributed by atoms with Gasteiger partial charge in [-0.05, 0) is 11.6 Å². The SMILES string of the molecule is COCc1ccc(OC2CC(OC)C(OC)C(COC)O2)c([N+](=O)[O-])c1. The molecule has 1 aromatic rings. The molecule has 0 saturated carbocycles. The van der Waals surface area contributed by atoms with Crippen molar-refractivity contribution in [3.8, 4) is 5.75 Å². The first-order chi connectivity index (χ1) is 12.5. The summed E-state index contributed by atoms with van der Waals surface area (Å²) in [7, 11) is 6.23. The van der Waals surface area contributed by atoms with Crippen molar-refractivity contribution in [3.05, 3.63) is 33.9 Å². The summed E-state index contributed by atoms with van der Waals surface area (Å²) < 4.78 is 32.8. The third-order valence-electron chi connectivity index (χ3n) is 4.18. The summed E-state index contributed by atoms with van der Waals surface area (Å²) in [6.07, 6.45) is -1.38.